The van der Waals surface area contributed by atoms with E-state index in [1.54, 1.807) is 17.4 Å². The molecule has 2 heterocycles. The molecule has 0 aliphatic rings. The zero-order valence-electron chi connectivity index (χ0n) is 8.42. The number of aromatic nitrogens is 1. The van der Waals surface area contributed by atoms with Gasteiger partial charge in [-0.1, -0.05) is 18.2 Å². The van der Waals surface area contributed by atoms with Gasteiger partial charge in [-0.05, 0) is 29.7 Å². The van der Waals surface area contributed by atoms with Gasteiger partial charge < -0.3 is 5.11 Å². The van der Waals surface area contributed by atoms with E-state index in [0.717, 1.165) is 10.6 Å². The predicted octanol–water partition coefficient (Wildman–Crippen LogP) is 3.67. The first-order chi connectivity index (χ1) is 7.83. The monoisotopic (exact) mass is 227 g/mol. The molecule has 0 amide bonds. The molecule has 3 rings (SSSR count). The molecule has 0 radical (unpaired) electrons. The van der Waals surface area contributed by atoms with Gasteiger partial charge in [0.1, 0.15) is 5.75 Å². The van der Waals surface area contributed by atoms with Crippen molar-refractivity contribution in [2.45, 2.75) is 0 Å². The maximum atomic E-state index is 9.18. The summed E-state index contributed by atoms with van der Waals surface area (Å²) in [4.78, 5) is 5.33. The summed E-state index contributed by atoms with van der Waals surface area (Å²) in [5.74, 6) is 0.199. The third kappa shape index (κ3) is 1.55. The van der Waals surface area contributed by atoms with Gasteiger partial charge in [-0.2, -0.15) is 0 Å². The van der Waals surface area contributed by atoms with E-state index in [0.29, 0.717) is 0 Å². The van der Waals surface area contributed by atoms with Gasteiger partial charge in [-0.3, -0.25) is 4.98 Å². The molecule has 1 aromatic carbocycles. The van der Waals surface area contributed by atoms with Crippen LogP contribution in [0.4, 0.5) is 0 Å². The van der Waals surface area contributed by atoms with E-state index in [2.05, 4.69) is 23.2 Å². The molecule has 0 unspecified atom stereocenters. The summed E-state index contributed by atoms with van der Waals surface area (Å²) in [7, 11) is 0. The van der Waals surface area contributed by atoms with Crippen LogP contribution in [0.1, 0.15) is 0 Å². The molecule has 0 spiro atoms. The van der Waals surface area contributed by atoms with E-state index in [9.17, 15) is 5.11 Å². The van der Waals surface area contributed by atoms with Crippen molar-refractivity contribution < 1.29 is 5.11 Å². The van der Waals surface area contributed by atoms with Crippen LogP contribution in [0, 0.1) is 0 Å². The van der Waals surface area contributed by atoms with Crippen molar-refractivity contribution in [3.63, 3.8) is 0 Å². The second kappa shape index (κ2) is 3.61. The molecule has 78 valence electrons. The molecule has 0 aliphatic heterocycles. The van der Waals surface area contributed by atoms with Crippen molar-refractivity contribution in [2.75, 3.05) is 0 Å². The van der Waals surface area contributed by atoms with Crippen LogP contribution < -0.4 is 0 Å². The Hall–Kier alpha value is -1.87. The van der Waals surface area contributed by atoms with Crippen molar-refractivity contribution in [3.05, 3.63) is 48.7 Å². The summed E-state index contributed by atoms with van der Waals surface area (Å²) in [6.45, 7) is 0. The molecular formula is C13H9NOS. The van der Waals surface area contributed by atoms with Crippen molar-refractivity contribution in [1.82, 2.24) is 4.98 Å². The van der Waals surface area contributed by atoms with Crippen molar-refractivity contribution in [2.24, 2.45) is 0 Å². The van der Waals surface area contributed by atoms with Crippen molar-refractivity contribution >= 4 is 21.4 Å². The van der Waals surface area contributed by atoms with Crippen LogP contribution in [-0.2, 0) is 0 Å². The quantitative estimate of drug-likeness (QED) is 0.688. The van der Waals surface area contributed by atoms with Crippen LogP contribution in [0.2, 0.25) is 0 Å². The smallest absolute Gasteiger partial charge is 0.133 e. The van der Waals surface area contributed by atoms with E-state index in [1.807, 2.05) is 18.2 Å². The lowest BCUT2D eigenvalue weighted by Crippen LogP contribution is -1.77. The largest absolute Gasteiger partial charge is 0.506 e. The van der Waals surface area contributed by atoms with Gasteiger partial charge in [0.2, 0.25) is 0 Å². The molecule has 0 atom stereocenters. The van der Waals surface area contributed by atoms with E-state index < -0.39 is 0 Å². The number of hydrogen-bond donors (Lipinski definition) is 1. The molecule has 1 N–H and O–H groups in total. The average Bonchev–Trinajstić information content (AvgIpc) is 2.73. The third-order valence-corrected chi connectivity index (χ3v) is 3.56. The highest BCUT2D eigenvalue weighted by atomic mass is 32.1. The van der Waals surface area contributed by atoms with Gasteiger partial charge in [0, 0.05) is 4.70 Å². The van der Waals surface area contributed by atoms with Crippen molar-refractivity contribution in [3.8, 4) is 16.3 Å². The minimum absolute atomic E-state index is 0.199. The highest BCUT2D eigenvalue weighted by Gasteiger charge is 2.04. The Bertz CT molecular complexity index is 595. The molecule has 0 saturated carbocycles. The fourth-order valence-electron chi connectivity index (χ4n) is 1.64. The summed E-state index contributed by atoms with van der Waals surface area (Å²) >= 11 is 1.71. The van der Waals surface area contributed by atoms with Gasteiger partial charge in [-0.15, -0.1) is 11.3 Å². The van der Waals surface area contributed by atoms with E-state index in [4.69, 9.17) is 0 Å². The van der Waals surface area contributed by atoms with Crippen molar-refractivity contribution in [1.29, 1.82) is 0 Å². The van der Waals surface area contributed by atoms with Crippen LogP contribution in [0.25, 0.3) is 20.7 Å². The van der Waals surface area contributed by atoms with Gasteiger partial charge in [0.15, 0.2) is 0 Å². The topological polar surface area (TPSA) is 33.1 Å². The number of fused-ring (bicyclic) bond motifs is 1. The summed E-state index contributed by atoms with van der Waals surface area (Å²) in [5, 5.41) is 10.4. The van der Waals surface area contributed by atoms with Gasteiger partial charge in [-0.25, -0.2) is 0 Å². The molecule has 0 bridgehead atoms. The van der Waals surface area contributed by atoms with E-state index in [-0.39, 0.29) is 5.75 Å². The van der Waals surface area contributed by atoms with Gasteiger partial charge in [0.25, 0.3) is 0 Å². The molecule has 0 aliphatic carbocycles. The molecule has 0 saturated heterocycles. The summed E-state index contributed by atoms with van der Waals surface area (Å²) in [6, 6.07) is 13.9. The minimum atomic E-state index is 0.199. The van der Waals surface area contributed by atoms with E-state index >= 15 is 0 Å². The number of nitrogens with zero attached hydrogens (tertiary/aromatic N) is 1. The third-order valence-electron chi connectivity index (χ3n) is 2.43. The molecule has 16 heavy (non-hydrogen) atoms. The lowest BCUT2D eigenvalue weighted by atomic mass is 10.2. The number of rotatable bonds is 1. The second-order valence-electron chi connectivity index (χ2n) is 3.55. The average molecular weight is 227 g/mol. The Morgan fingerprint density at radius 3 is 2.69 bits per heavy atom. The fraction of sp³-hybridized carbons (Fsp3) is 0. The lowest BCUT2D eigenvalue weighted by Gasteiger charge is -1.95. The molecule has 2 nitrogen and oxygen atoms in total. The van der Waals surface area contributed by atoms with Crippen LogP contribution in [0.5, 0.6) is 5.75 Å². The first-order valence-electron chi connectivity index (χ1n) is 4.97. The van der Waals surface area contributed by atoms with E-state index in [1.165, 1.54) is 16.3 Å². The maximum Gasteiger partial charge on any atom is 0.133 e. The number of thiophene rings is 1. The molecular weight excluding hydrogens is 218 g/mol. The summed E-state index contributed by atoms with van der Waals surface area (Å²) in [5.41, 5.74) is 0.902. The zero-order chi connectivity index (χ0) is 11.0. The number of benzene rings is 1. The number of aromatic hydroxyl groups is 1. The molecule has 0 fully saturated rings. The maximum absolute atomic E-state index is 9.18. The fourth-order valence-corrected chi connectivity index (χ4v) is 2.68. The highest BCUT2D eigenvalue weighted by molar-refractivity contribution is 7.22. The predicted molar refractivity (Wildman–Crippen MR) is 66.7 cm³/mol. The Morgan fingerprint density at radius 1 is 1.06 bits per heavy atom. The summed E-state index contributed by atoms with van der Waals surface area (Å²) < 4.78 is 1.26. The highest BCUT2D eigenvalue weighted by Crippen LogP contribution is 2.32. The van der Waals surface area contributed by atoms with Crippen LogP contribution in [0.3, 0.4) is 0 Å². The van der Waals surface area contributed by atoms with Crippen LogP contribution in [-0.4, -0.2) is 10.1 Å². The Balaban J connectivity index is 2.15. The Kier molecular flexibility index (Phi) is 2.11. The van der Waals surface area contributed by atoms with Gasteiger partial charge >= 0.3 is 0 Å². The van der Waals surface area contributed by atoms with Gasteiger partial charge in [0.05, 0.1) is 16.8 Å². The summed E-state index contributed by atoms with van der Waals surface area (Å²) in [6.07, 6.45) is 1.47. The molecule has 3 heteroatoms. The number of hydrogen-bond acceptors (Lipinski definition) is 3. The lowest BCUT2D eigenvalue weighted by molar-refractivity contribution is 0.473. The SMILES string of the molecule is Oc1ccc(-c2cc3ccccc3s2)nc1. The van der Waals surface area contributed by atoms with Crippen LogP contribution in [0.15, 0.2) is 48.7 Å². The minimum Gasteiger partial charge on any atom is -0.506 e. The standard InChI is InChI=1S/C13H9NOS/c15-10-5-6-11(14-8-10)13-7-9-3-1-2-4-12(9)16-13/h1-8,15H. The van der Waals surface area contributed by atoms with Crippen LogP contribution >= 0.6 is 11.3 Å². The number of pyridine rings is 1. The second-order valence-corrected chi connectivity index (χ2v) is 4.63. The normalized spacial score (nSPS) is 10.8. The Labute approximate surface area is 96.8 Å². The first kappa shape index (κ1) is 9.36. The molecule has 3 aromatic rings. The first-order valence-corrected chi connectivity index (χ1v) is 5.78. The molecule has 2 aromatic heterocycles. The zero-order valence-corrected chi connectivity index (χ0v) is 9.24. The Morgan fingerprint density at radius 2 is 1.94 bits per heavy atom.